The number of halogens is 2. The lowest BCUT2D eigenvalue weighted by atomic mass is 10.2. The number of aromatic nitrogens is 3. The molecule has 0 radical (unpaired) electrons. The predicted octanol–water partition coefficient (Wildman–Crippen LogP) is 3.14. The molecule has 3 rings (SSSR count). The fourth-order valence-corrected chi connectivity index (χ4v) is 1.88. The Bertz CT molecular complexity index is 514. The van der Waals surface area contributed by atoms with E-state index < -0.39 is 5.82 Å². The van der Waals surface area contributed by atoms with Crippen molar-refractivity contribution in [3.63, 3.8) is 0 Å². The van der Waals surface area contributed by atoms with E-state index in [1.165, 1.54) is 6.07 Å². The number of H-pyrrole nitrogens is 1. The molecule has 0 saturated heterocycles. The zero-order valence-corrected chi connectivity index (χ0v) is 9.13. The van der Waals surface area contributed by atoms with E-state index in [4.69, 9.17) is 11.6 Å². The Morgan fingerprint density at radius 2 is 2.19 bits per heavy atom. The molecule has 0 bridgehead atoms. The molecule has 1 heterocycles. The molecule has 1 N–H and O–H groups in total. The molecule has 0 unspecified atom stereocenters. The molecule has 5 heteroatoms. The van der Waals surface area contributed by atoms with Crippen molar-refractivity contribution in [2.45, 2.75) is 18.8 Å². The van der Waals surface area contributed by atoms with Gasteiger partial charge in [0.05, 0.1) is 10.6 Å². The van der Waals surface area contributed by atoms with Crippen molar-refractivity contribution in [2.24, 2.45) is 0 Å². The van der Waals surface area contributed by atoms with Crippen LogP contribution >= 0.6 is 11.6 Å². The van der Waals surface area contributed by atoms with Gasteiger partial charge in [-0.2, -0.15) is 5.10 Å². The van der Waals surface area contributed by atoms with Gasteiger partial charge in [-0.05, 0) is 25.0 Å². The maximum Gasteiger partial charge on any atom is 0.185 e. The van der Waals surface area contributed by atoms with Gasteiger partial charge in [0.25, 0.3) is 0 Å². The first-order chi connectivity index (χ1) is 7.75. The summed E-state index contributed by atoms with van der Waals surface area (Å²) in [7, 11) is 0. The summed E-state index contributed by atoms with van der Waals surface area (Å²) in [5.74, 6) is 1.24. The molecule has 1 aromatic carbocycles. The summed E-state index contributed by atoms with van der Waals surface area (Å²) in [6.07, 6.45) is 2.25. The molecule has 0 aliphatic heterocycles. The van der Waals surface area contributed by atoms with Crippen LogP contribution in [0.15, 0.2) is 18.2 Å². The Labute approximate surface area is 96.7 Å². The van der Waals surface area contributed by atoms with Gasteiger partial charge in [0.1, 0.15) is 11.6 Å². The minimum absolute atomic E-state index is 0.271. The lowest BCUT2D eigenvalue weighted by molar-refractivity contribution is 0.630. The number of nitrogens with zero attached hydrogens (tertiary/aromatic N) is 2. The van der Waals surface area contributed by atoms with E-state index in [1.807, 2.05) is 0 Å². The van der Waals surface area contributed by atoms with Gasteiger partial charge < -0.3 is 0 Å². The van der Waals surface area contributed by atoms with Crippen molar-refractivity contribution in [2.75, 3.05) is 0 Å². The van der Waals surface area contributed by atoms with Crippen molar-refractivity contribution in [1.82, 2.24) is 15.2 Å². The Balaban J connectivity index is 2.06. The lowest BCUT2D eigenvalue weighted by Crippen LogP contribution is -1.88. The fraction of sp³-hybridized carbons (Fsp3) is 0.273. The highest BCUT2D eigenvalue weighted by molar-refractivity contribution is 6.33. The average molecular weight is 238 g/mol. The summed E-state index contributed by atoms with van der Waals surface area (Å²) in [5, 5.41) is 7.18. The second-order valence-corrected chi connectivity index (χ2v) is 4.32. The zero-order valence-electron chi connectivity index (χ0n) is 8.37. The van der Waals surface area contributed by atoms with E-state index in [0.717, 1.165) is 18.7 Å². The van der Waals surface area contributed by atoms with Crippen LogP contribution in [-0.4, -0.2) is 15.2 Å². The topological polar surface area (TPSA) is 41.6 Å². The van der Waals surface area contributed by atoms with E-state index in [0.29, 0.717) is 16.8 Å². The second-order valence-electron chi connectivity index (χ2n) is 3.92. The third kappa shape index (κ3) is 1.59. The molecular weight excluding hydrogens is 229 g/mol. The summed E-state index contributed by atoms with van der Waals surface area (Å²) in [6, 6.07) is 4.55. The number of benzene rings is 1. The monoisotopic (exact) mass is 237 g/mol. The second kappa shape index (κ2) is 3.56. The molecule has 0 spiro atoms. The molecular formula is C11H9ClFN3. The lowest BCUT2D eigenvalue weighted by Gasteiger charge is -1.99. The maximum absolute atomic E-state index is 13.6. The van der Waals surface area contributed by atoms with Gasteiger partial charge in [0.15, 0.2) is 5.82 Å². The zero-order chi connectivity index (χ0) is 11.1. The van der Waals surface area contributed by atoms with Crippen molar-refractivity contribution in [3.8, 4) is 11.4 Å². The van der Waals surface area contributed by atoms with Gasteiger partial charge in [0, 0.05) is 5.92 Å². The van der Waals surface area contributed by atoms with Crippen LogP contribution in [0.25, 0.3) is 11.4 Å². The highest BCUT2D eigenvalue weighted by atomic mass is 35.5. The maximum atomic E-state index is 13.6. The van der Waals surface area contributed by atoms with E-state index >= 15 is 0 Å². The number of hydrogen-bond acceptors (Lipinski definition) is 2. The SMILES string of the molecule is Fc1cccc(Cl)c1-c1n[nH]c(C2CC2)n1. The van der Waals surface area contributed by atoms with E-state index in [-0.39, 0.29) is 5.56 Å². The van der Waals surface area contributed by atoms with Crippen LogP contribution in [0.4, 0.5) is 4.39 Å². The van der Waals surface area contributed by atoms with Gasteiger partial charge in [-0.15, -0.1) is 0 Å². The van der Waals surface area contributed by atoms with Gasteiger partial charge in [0.2, 0.25) is 0 Å². The largest absolute Gasteiger partial charge is 0.262 e. The summed E-state index contributed by atoms with van der Waals surface area (Å²) in [5.41, 5.74) is 0.271. The van der Waals surface area contributed by atoms with Gasteiger partial charge in [-0.1, -0.05) is 17.7 Å². The predicted molar refractivity (Wildman–Crippen MR) is 58.8 cm³/mol. The van der Waals surface area contributed by atoms with E-state index in [2.05, 4.69) is 15.2 Å². The summed E-state index contributed by atoms with van der Waals surface area (Å²) >= 11 is 5.93. The van der Waals surface area contributed by atoms with Crippen molar-refractivity contribution in [1.29, 1.82) is 0 Å². The quantitative estimate of drug-likeness (QED) is 0.872. The molecule has 3 nitrogen and oxygen atoms in total. The summed E-state index contributed by atoms with van der Waals surface area (Å²) in [4.78, 5) is 4.27. The first-order valence-electron chi connectivity index (χ1n) is 5.12. The molecule has 2 aromatic rings. The van der Waals surface area contributed by atoms with Crippen LogP contribution in [0.1, 0.15) is 24.6 Å². The molecule has 0 amide bonds. The molecule has 82 valence electrons. The van der Waals surface area contributed by atoms with Crippen molar-refractivity contribution >= 4 is 11.6 Å². The first-order valence-corrected chi connectivity index (χ1v) is 5.50. The van der Waals surface area contributed by atoms with Crippen LogP contribution in [0.2, 0.25) is 5.02 Å². The number of aromatic amines is 1. The highest BCUT2D eigenvalue weighted by Crippen LogP contribution is 2.39. The Morgan fingerprint density at radius 3 is 2.88 bits per heavy atom. The summed E-state index contributed by atoms with van der Waals surface area (Å²) in [6.45, 7) is 0. The average Bonchev–Trinajstić information content (AvgIpc) is 2.99. The Hall–Kier alpha value is -1.42. The number of nitrogens with one attached hydrogen (secondary N) is 1. The van der Waals surface area contributed by atoms with Crippen molar-refractivity contribution < 1.29 is 4.39 Å². The van der Waals surface area contributed by atoms with Crippen LogP contribution in [0.5, 0.6) is 0 Å². The van der Waals surface area contributed by atoms with Crippen molar-refractivity contribution in [3.05, 3.63) is 34.9 Å². The standard InChI is InChI=1S/C11H9ClFN3/c12-7-2-1-3-8(13)9(7)11-14-10(15-16-11)6-4-5-6/h1-3,6H,4-5H2,(H,14,15,16). The van der Waals surface area contributed by atoms with Crippen LogP contribution in [0.3, 0.4) is 0 Å². The molecule has 1 saturated carbocycles. The molecule has 1 aliphatic rings. The summed E-state index contributed by atoms with van der Waals surface area (Å²) < 4.78 is 13.6. The molecule has 1 aliphatic carbocycles. The molecule has 16 heavy (non-hydrogen) atoms. The molecule has 0 atom stereocenters. The Kier molecular flexibility index (Phi) is 2.17. The van der Waals surface area contributed by atoms with Crippen LogP contribution in [-0.2, 0) is 0 Å². The van der Waals surface area contributed by atoms with E-state index in [1.54, 1.807) is 12.1 Å². The fourth-order valence-electron chi connectivity index (χ4n) is 1.64. The van der Waals surface area contributed by atoms with Crippen LogP contribution in [0, 0.1) is 5.82 Å². The highest BCUT2D eigenvalue weighted by Gasteiger charge is 2.28. The van der Waals surface area contributed by atoms with Crippen LogP contribution < -0.4 is 0 Å². The van der Waals surface area contributed by atoms with Gasteiger partial charge in [-0.25, -0.2) is 9.37 Å². The Morgan fingerprint density at radius 1 is 1.38 bits per heavy atom. The minimum Gasteiger partial charge on any atom is -0.262 e. The number of hydrogen-bond donors (Lipinski definition) is 1. The first kappa shape index (κ1) is 9.78. The molecule has 1 aromatic heterocycles. The van der Waals surface area contributed by atoms with Gasteiger partial charge in [-0.3, -0.25) is 5.10 Å². The van der Waals surface area contributed by atoms with Gasteiger partial charge >= 0.3 is 0 Å². The third-order valence-corrected chi connectivity index (χ3v) is 2.97. The van der Waals surface area contributed by atoms with E-state index in [9.17, 15) is 4.39 Å². The minimum atomic E-state index is -0.395. The molecule has 1 fully saturated rings. The normalized spacial score (nSPS) is 15.4. The smallest absolute Gasteiger partial charge is 0.185 e. The number of rotatable bonds is 2. The third-order valence-electron chi connectivity index (χ3n) is 2.65.